The number of hydrogen-bond acceptors (Lipinski definition) is 0. The number of benzene rings is 2. The standard InChI is InChI=1S/C25H31.2ClH.Zr/c1-7-8-19-11-20-10-9-18(6)25(24(20)12-19)23-14-21(16(2)3)13-22(15-23)17(4)5;;;/h9-17H,7-8H2,1-6H3;2*1H;/q-1;;;+2/p-2. The molecule has 0 unspecified atom stereocenters. The molecule has 0 heterocycles. The fraction of sp³-hybridized carbons (Fsp3) is 0.400. The first-order valence-corrected chi connectivity index (χ1v) is 16.5. The van der Waals surface area contributed by atoms with Gasteiger partial charge in [-0.15, -0.1) is 34.5 Å². The van der Waals surface area contributed by atoms with E-state index >= 15 is 0 Å². The van der Waals surface area contributed by atoms with Gasteiger partial charge in [-0.25, -0.2) is 0 Å². The summed E-state index contributed by atoms with van der Waals surface area (Å²) in [7, 11) is 9.87. The Labute approximate surface area is 189 Å². The van der Waals surface area contributed by atoms with Crippen molar-refractivity contribution in [2.75, 3.05) is 0 Å². The van der Waals surface area contributed by atoms with Gasteiger partial charge < -0.3 is 0 Å². The number of rotatable bonds is 5. The van der Waals surface area contributed by atoms with E-state index in [-0.39, 0.29) is 0 Å². The van der Waals surface area contributed by atoms with Gasteiger partial charge in [0.15, 0.2) is 0 Å². The molecule has 0 saturated carbocycles. The van der Waals surface area contributed by atoms with Crippen LogP contribution in [-0.2, 0) is 27.3 Å². The number of aryl methyl sites for hydroxylation is 2. The Morgan fingerprint density at radius 1 is 0.929 bits per heavy atom. The van der Waals surface area contributed by atoms with Crippen molar-refractivity contribution in [3.8, 4) is 11.1 Å². The summed E-state index contributed by atoms with van der Waals surface area (Å²) < 4.78 is 0. The van der Waals surface area contributed by atoms with Gasteiger partial charge in [-0.05, 0) is 41.9 Å². The zero-order valence-electron chi connectivity index (χ0n) is 17.9. The van der Waals surface area contributed by atoms with E-state index in [1.807, 2.05) is 0 Å². The summed E-state index contributed by atoms with van der Waals surface area (Å²) in [5.41, 5.74) is 8.52. The van der Waals surface area contributed by atoms with Crippen molar-refractivity contribution in [1.82, 2.24) is 0 Å². The van der Waals surface area contributed by atoms with E-state index in [9.17, 15) is 0 Å². The molecular formula is C25H31Cl2Zr-. The summed E-state index contributed by atoms with van der Waals surface area (Å²) in [6.07, 6.45) is 2.36. The Morgan fingerprint density at radius 3 is 2.00 bits per heavy atom. The zero-order valence-corrected chi connectivity index (χ0v) is 21.8. The van der Waals surface area contributed by atoms with Gasteiger partial charge in [0.25, 0.3) is 0 Å². The molecule has 0 radical (unpaired) electrons. The van der Waals surface area contributed by atoms with Crippen LogP contribution >= 0.6 is 17.0 Å². The molecule has 150 valence electrons. The molecule has 3 heteroatoms. The van der Waals surface area contributed by atoms with Gasteiger partial charge in [-0.1, -0.05) is 70.4 Å². The third-order valence-electron chi connectivity index (χ3n) is 5.30. The van der Waals surface area contributed by atoms with E-state index in [1.54, 1.807) is 0 Å². The second kappa shape index (κ2) is 11.1. The third kappa shape index (κ3) is 5.78. The Hall–Kier alpha value is -0.487. The van der Waals surface area contributed by atoms with E-state index in [1.165, 1.54) is 50.6 Å². The van der Waals surface area contributed by atoms with Crippen LogP contribution in [0.1, 0.15) is 75.1 Å². The van der Waals surface area contributed by atoms with Crippen LogP contribution in [0.2, 0.25) is 0 Å². The van der Waals surface area contributed by atoms with Gasteiger partial charge in [0.2, 0.25) is 0 Å². The van der Waals surface area contributed by atoms with Crippen molar-refractivity contribution in [1.29, 1.82) is 0 Å². The van der Waals surface area contributed by atoms with E-state index in [0.29, 0.717) is 11.8 Å². The van der Waals surface area contributed by atoms with Crippen LogP contribution < -0.4 is 0 Å². The minimum absolute atomic E-state index is 0.548. The summed E-state index contributed by atoms with van der Waals surface area (Å²) in [5.74, 6) is 1.10. The average Bonchev–Trinajstić information content (AvgIpc) is 3.04. The number of fused-ring (bicyclic) bond motifs is 1. The van der Waals surface area contributed by atoms with Crippen molar-refractivity contribution in [2.24, 2.45) is 0 Å². The number of halogens is 2. The van der Waals surface area contributed by atoms with Crippen LogP contribution in [-0.4, -0.2) is 0 Å². The molecule has 0 saturated heterocycles. The second-order valence-corrected chi connectivity index (χ2v) is 11.9. The Bertz CT molecular complexity index is 880. The molecule has 0 N–H and O–H groups in total. The van der Waals surface area contributed by atoms with Crippen LogP contribution in [0.4, 0.5) is 0 Å². The molecule has 0 bridgehead atoms. The van der Waals surface area contributed by atoms with Crippen molar-refractivity contribution in [2.45, 2.75) is 66.2 Å². The van der Waals surface area contributed by atoms with Gasteiger partial charge in [-0.3, -0.25) is 0 Å². The molecule has 3 aromatic rings. The summed E-state index contributed by atoms with van der Waals surface area (Å²) in [5, 5.41) is 2.80. The van der Waals surface area contributed by atoms with Crippen LogP contribution in [0.5, 0.6) is 0 Å². The summed E-state index contributed by atoms with van der Waals surface area (Å²) in [6, 6.07) is 16.6. The van der Waals surface area contributed by atoms with Crippen LogP contribution in [0.15, 0.2) is 42.5 Å². The fourth-order valence-corrected chi connectivity index (χ4v) is 3.76. The normalized spacial score (nSPS) is 11.1. The fourth-order valence-electron chi connectivity index (χ4n) is 3.76. The molecule has 0 aromatic heterocycles. The van der Waals surface area contributed by atoms with Crippen molar-refractivity contribution in [3.63, 3.8) is 0 Å². The van der Waals surface area contributed by atoms with E-state index in [4.69, 9.17) is 17.0 Å². The minimum atomic E-state index is -0.826. The molecule has 0 aliphatic rings. The average molecular weight is 494 g/mol. The maximum atomic E-state index is 4.93. The van der Waals surface area contributed by atoms with Crippen molar-refractivity contribution in [3.05, 3.63) is 64.7 Å². The second-order valence-electron chi connectivity index (χ2n) is 8.14. The summed E-state index contributed by atoms with van der Waals surface area (Å²) >= 11 is -0.826. The van der Waals surface area contributed by atoms with Gasteiger partial charge in [0.1, 0.15) is 0 Å². The predicted octanol–water partition coefficient (Wildman–Crippen LogP) is 9.11. The molecule has 0 atom stereocenters. The predicted molar refractivity (Wildman–Crippen MR) is 124 cm³/mol. The Morgan fingerprint density at radius 2 is 1.50 bits per heavy atom. The molecule has 0 aliphatic carbocycles. The molecule has 0 nitrogen and oxygen atoms in total. The number of hydrogen-bond donors (Lipinski definition) is 0. The molecule has 3 rings (SSSR count). The maximum absolute atomic E-state index is 4.93. The third-order valence-corrected chi connectivity index (χ3v) is 5.30. The molecule has 0 fully saturated rings. The summed E-state index contributed by atoms with van der Waals surface area (Å²) in [4.78, 5) is 0. The quantitative estimate of drug-likeness (QED) is 0.311. The molecule has 28 heavy (non-hydrogen) atoms. The molecule has 0 aliphatic heterocycles. The summed E-state index contributed by atoms with van der Waals surface area (Å²) in [6.45, 7) is 13.7. The van der Waals surface area contributed by atoms with E-state index in [0.717, 1.165) is 6.42 Å². The monoisotopic (exact) mass is 491 g/mol. The van der Waals surface area contributed by atoms with E-state index < -0.39 is 20.8 Å². The molecular weight excluding hydrogens is 462 g/mol. The Balaban J connectivity index is 0.000000878. The first-order valence-electron chi connectivity index (χ1n) is 10.1. The molecule has 0 amide bonds. The van der Waals surface area contributed by atoms with Crippen LogP contribution in [0.3, 0.4) is 0 Å². The van der Waals surface area contributed by atoms with Crippen molar-refractivity contribution >= 4 is 27.8 Å². The topological polar surface area (TPSA) is 0 Å². The van der Waals surface area contributed by atoms with Gasteiger partial charge in [-0.2, -0.15) is 6.07 Å². The van der Waals surface area contributed by atoms with Gasteiger partial charge in [0.05, 0.1) is 0 Å². The van der Waals surface area contributed by atoms with Crippen molar-refractivity contribution < 1.29 is 20.8 Å². The SMILES string of the molecule is CCCc1cc2c(-c3cc(C(C)C)cc(C(C)C)c3)c(C)ccc2[cH-]1.[Cl][Zr][Cl]. The van der Waals surface area contributed by atoms with E-state index in [2.05, 4.69) is 84.0 Å². The van der Waals surface area contributed by atoms with Crippen LogP contribution in [0.25, 0.3) is 21.9 Å². The first-order chi connectivity index (χ1) is 13.3. The zero-order chi connectivity index (χ0) is 20.8. The van der Waals surface area contributed by atoms with Crippen LogP contribution in [0, 0.1) is 6.92 Å². The van der Waals surface area contributed by atoms with Gasteiger partial charge in [0, 0.05) is 0 Å². The first kappa shape index (κ1) is 23.8. The molecule has 3 aromatic carbocycles. The van der Waals surface area contributed by atoms with Gasteiger partial charge >= 0.3 is 37.9 Å². The molecule has 0 spiro atoms. The Kier molecular flexibility index (Phi) is 9.39.